The van der Waals surface area contributed by atoms with Crippen LogP contribution in [-0.2, 0) is 23.8 Å². The maximum Gasteiger partial charge on any atom is 0.333 e. The van der Waals surface area contributed by atoms with Gasteiger partial charge in [-0.3, -0.25) is 4.79 Å². The van der Waals surface area contributed by atoms with Crippen LogP contribution in [0.25, 0.3) is 0 Å². The lowest BCUT2D eigenvalue weighted by atomic mass is 9.47. The first-order valence-corrected chi connectivity index (χ1v) is 10.5. The van der Waals surface area contributed by atoms with Gasteiger partial charge in [-0.25, -0.2) is 4.79 Å². The fourth-order valence-electron chi connectivity index (χ4n) is 6.21. The minimum absolute atomic E-state index is 0.143. The van der Waals surface area contributed by atoms with Gasteiger partial charge in [-0.05, 0) is 30.8 Å². The number of methoxy groups -OCH3 is 1. The van der Waals surface area contributed by atoms with Crippen molar-refractivity contribution in [2.45, 2.75) is 75.5 Å². The summed E-state index contributed by atoms with van der Waals surface area (Å²) in [6.45, 7) is 8.13. The summed E-state index contributed by atoms with van der Waals surface area (Å²) in [5, 5.41) is 11.7. The zero-order valence-corrected chi connectivity index (χ0v) is 17.3. The van der Waals surface area contributed by atoms with E-state index in [0.29, 0.717) is 0 Å². The first-order valence-electron chi connectivity index (χ1n) is 9.64. The lowest BCUT2D eigenvalue weighted by molar-refractivity contribution is -0.201. The van der Waals surface area contributed by atoms with Crippen molar-refractivity contribution in [2.24, 2.45) is 16.7 Å². The van der Waals surface area contributed by atoms with Gasteiger partial charge in [-0.15, -0.1) is 11.8 Å². The number of aliphatic hydroxyl groups excluding tert-OH is 1. The number of fused-ring (bicyclic) bond motifs is 2. The highest BCUT2D eigenvalue weighted by atomic mass is 32.2. The summed E-state index contributed by atoms with van der Waals surface area (Å²) >= 11 is 1.53. The molecule has 2 heterocycles. The molecular formula is C20H28O6S. The molecule has 2 aliphatic carbocycles. The number of carbonyl (C=O) groups excluding carboxylic acids is 2. The summed E-state index contributed by atoms with van der Waals surface area (Å²) in [6.07, 6.45) is 1.40. The highest BCUT2D eigenvalue weighted by Gasteiger charge is 2.75. The Hall–Kier alpha value is -1.05. The van der Waals surface area contributed by atoms with Gasteiger partial charge >= 0.3 is 11.9 Å². The number of cyclic esters (lactones) is 1. The summed E-state index contributed by atoms with van der Waals surface area (Å²) < 4.78 is 15.9. The number of thioether (sulfide) groups is 1. The average molecular weight is 397 g/mol. The van der Waals surface area contributed by atoms with Gasteiger partial charge in [-0.1, -0.05) is 27.2 Å². The minimum Gasteiger partial charge on any atom is -0.459 e. The van der Waals surface area contributed by atoms with Crippen molar-refractivity contribution >= 4 is 23.7 Å². The standard InChI is InChI=1S/C20H28O6S/c1-10(2)27-20-11(9-12(21)25-17(20)24-5)18(3)7-6-8-19(4)14(18)13(15(20)22)26-16(19)23/h9-10,13-15,17,22H,6-8H2,1-5H3/t13-,14+,15?,17?,18+,19-,20?/m0/s1. The monoisotopic (exact) mass is 396 g/mol. The molecule has 0 aromatic heterocycles. The second kappa shape index (κ2) is 5.97. The van der Waals surface area contributed by atoms with Crippen LogP contribution >= 0.6 is 11.8 Å². The Kier molecular flexibility index (Phi) is 4.26. The van der Waals surface area contributed by atoms with E-state index in [-0.39, 0.29) is 17.1 Å². The number of hydrogen-bond donors (Lipinski definition) is 1. The van der Waals surface area contributed by atoms with Gasteiger partial charge in [0.15, 0.2) is 0 Å². The molecule has 0 amide bonds. The summed E-state index contributed by atoms with van der Waals surface area (Å²) in [7, 11) is 1.48. The van der Waals surface area contributed by atoms with Gasteiger partial charge in [0.25, 0.3) is 0 Å². The van der Waals surface area contributed by atoms with E-state index in [1.165, 1.54) is 18.9 Å². The molecule has 2 aliphatic heterocycles. The Balaban J connectivity index is 1.97. The number of aliphatic hydroxyl groups is 1. The summed E-state index contributed by atoms with van der Waals surface area (Å²) in [5.41, 5.74) is -0.242. The van der Waals surface area contributed by atoms with Crippen LogP contribution < -0.4 is 0 Å². The number of hydrogen-bond acceptors (Lipinski definition) is 7. The largest absolute Gasteiger partial charge is 0.459 e. The highest BCUT2D eigenvalue weighted by Crippen LogP contribution is 2.69. The predicted octanol–water partition coefficient (Wildman–Crippen LogP) is 2.44. The number of esters is 2. The average Bonchev–Trinajstić information content (AvgIpc) is 2.86. The van der Waals surface area contributed by atoms with Crippen molar-refractivity contribution in [3.05, 3.63) is 11.6 Å². The maximum atomic E-state index is 12.8. The molecule has 3 fully saturated rings. The lowest BCUT2D eigenvalue weighted by Crippen LogP contribution is -2.70. The van der Waals surface area contributed by atoms with Gasteiger partial charge in [0.2, 0.25) is 6.29 Å². The molecule has 4 aliphatic rings. The van der Waals surface area contributed by atoms with E-state index in [4.69, 9.17) is 14.2 Å². The maximum absolute atomic E-state index is 12.8. The molecule has 0 radical (unpaired) electrons. The quantitative estimate of drug-likeness (QED) is 0.734. The number of rotatable bonds is 3. The fraction of sp³-hybridized carbons (Fsp3) is 0.800. The van der Waals surface area contributed by atoms with Crippen LogP contribution in [0.3, 0.4) is 0 Å². The first-order chi connectivity index (χ1) is 12.6. The third-order valence-electron chi connectivity index (χ3n) is 7.07. The van der Waals surface area contributed by atoms with Crippen molar-refractivity contribution in [3.8, 4) is 0 Å². The SMILES string of the molecule is COC1OC(=O)C=C2C1(SC(C)C)C(O)[C@H]1OC(=O)[C@@]3(C)CCC[C@@]2(C)[C@@H]13. The van der Waals surface area contributed by atoms with Crippen molar-refractivity contribution in [1.29, 1.82) is 0 Å². The summed E-state index contributed by atoms with van der Waals surface area (Å²) in [4.78, 5) is 25.2. The molecule has 1 N–H and O–H groups in total. The number of carbonyl (C=O) groups is 2. The van der Waals surface area contributed by atoms with E-state index in [1.807, 2.05) is 20.8 Å². The van der Waals surface area contributed by atoms with Gasteiger partial charge in [-0.2, -0.15) is 0 Å². The third-order valence-corrected chi connectivity index (χ3v) is 8.59. The van der Waals surface area contributed by atoms with Crippen LogP contribution in [0.15, 0.2) is 11.6 Å². The molecule has 2 saturated carbocycles. The zero-order chi connectivity index (χ0) is 19.8. The van der Waals surface area contributed by atoms with Gasteiger partial charge in [0.05, 0.1) is 5.41 Å². The van der Waals surface area contributed by atoms with E-state index >= 15 is 0 Å². The Morgan fingerprint density at radius 2 is 1.89 bits per heavy atom. The van der Waals surface area contributed by atoms with Crippen molar-refractivity contribution in [2.75, 3.05) is 7.11 Å². The van der Waals surface area contributed by atoms with E-state index < -0.39 is 40.0 Å². The van der Waals surface area contributed by atoms with E-state index in [1.54, 1.807) is 6.08 Å². The molecule has 7 atom stereocenters. The fourth-order valence-corrected chi connectivity index (χ4v) is 7.93. The normalized spacial score (nSPS) is 48.5. The molecule has 1 saturated heterocycles. The molecule has 0 aromatic carbocycles. The zero-order valence-electron chi connectivity index (χ0n) is 16.5. The molecular weight excluding hydrogens is 368 g/mol. The Morgan fingerprint density at radius 3 is 2.52 bits per heavy atom. The molecule has 4 rings (SSSR count). The molecule has 0 aromatic rings. The van der Waals surface area contributed by atoms with Crippen LogP contribution in [0.5, 0.6) is 0 Å². The number of ether oxygens (including phenoxy) is 3. The third kappa shape index (κ3) is 2.28. The summed E-state index contributed by atoms with van der Waals surface area (Å²) in [5.74, 6) is -0.870. The van der Waals surface area contributed by atoms with Gasteiger partial charge < -0.3 is 19.3 Å². The van der Waals surface area contributed by atoms with Crippen LogP contribution in [-0.4, -0.2) is 52.6 Å². The van der Waals surface area contributed by atoms with Crippen molar-refractivity contribution < 1.29 is 28.9 Å². The molecule has 150 valence electrons. The molecule has 3 unspecified atom stereocenters. The van der Waals surface area contributed by atoms with E-state index in [2.05, 4.69) is 6.92 Å². The Labute approximate surface area is 164 Å². The van der Waals surface area contributed by atoms with Crippen molar-refractivity contribution in [3.63, 3.8) is 0 Å². The van der Waals surface area contributed by atoms with Crippen molar-refractivity contribution in [1.82, 2.24) is 0 Å². The topological polar surface area (TPSA) is 82.1 Å². The van der Waals surface area contributed by atoms with E-state index in [9.17, 15) is 14.7 Å². The summed E-state index contributed by atoms with van der Waals surface area (Å²) in [6, 6.07) is 0. The van der Waals surface area contributed by atoms with Crippen LogP contribution in [0.1, 0.15) is 47.0 Å². The van der Waals surface area contributed by atoms with E-state index in [0.717, 1.165) is 24.8 Å². The first kappa shape index (κ1) is 19.3. The Morgan fingerprint density at radius 1 is 1.22 bits per heavy atom. The molecule has 0 bridgehead atoms. The molecule has 7 heteroatoms. The molecule has 27 heavy (non-hydrogen) atoms. The smallest absolute Gasteiger partial charge is 0.333 e. The highest BCUT2D eigenvalue weighted by molar-refractivity contribution is 8.01. The Bertz CT molecular complexity index is 719. The van der Waals surface area contributed by atoms with Gasteiger partial charge in [0, 0.05) is 24.4 Å². The molecule has 6 nitrogen and oxygen atoms in total. The predicted molar refractivity (Wildman–Crippen MR) is 99.9 cm³/mol. The minimum atomic E-state index is -1.02. The van der Waals surface area contributed by atoms with Crippen LogP contribution in [0, 0.1) is 16.7 Å². The lowest BCUT2D eigenvalue weighted by Gasteiger charge is -2.61. The van der Waals surface area contributed by atoms with Crippen LogP contribution in [0.2, 0.25) is 0 Å². The molecule has 0 spiro atoms. The second-order valence-corrected chi connectivity index (χ2v) is 10.9. The second-order valence-electron chi connectivity index (χ2n) is 9.00. The van der Waals surface area contributed by atoms with Gasteiger partial charge in [0.1, 0.15) is 17.0 Å². The van der Waals surface area contributed by atoms with Crippen LogP contribution in [0.4, 0.5) is 0 Å².